The predicted molar refractivity (Wildman–Crippen MR) is 101 cm³/mol. The third-order valence-electron chi connectivity index (χ3n) is 3.97. The van der Waals surface area contributed by atoms with Crippen LogP contribution in [0.4, 0.5) is 4.39 Å². The van der Waals surface area contributed by atoms with Crippen molar-refractivity contribution >= 4 is 11.6 Å². The molecule has 2 aromatic rings. The summed E-state index contributed by atoms with van der Waals surface area (Å²) in [4.78, 5) is 0. The highest BCUT2D eigenvalue weighted by atomic mass is 35.5. The fraction of sp³-hybridized carbons (Fsp3) is 0.400. The number of hydrogen-bond acceptors (Lipinski definition) is 4. The molecule has 0 heterocycles. The number of halogens is 2. The van der Waals surface area contributed by atoms with E-state index in [1.165, 1.54) is 12.1 Å². The van der Waals surface area contributed by atoms with Gasteiger partial charge in [-0.2, -0.15) is 0 Å². The minimum absolute atomic E-state index is 0.0405. The second-order valence-electron chi connectivity index (χ2n) is 5.92. The summed E-state index contributed by atoms with van der Waals surface area (Å²) in [6, 6.07) is 9.86. The first-order valence-electron chi connectivity index (χ1n) is 8.74. The van der Waals surface area contributed by atoms with Crippen molar-refractivity contribution in [3.63, 3.8) is 0 Å². The number of aliphatic hydroxyl groups is 1. The van der Waals surface area contributed by atoms with Crippen molar-refractivity contribution in [2.45, 2.75) is 39.5 Å². The Balaban J connectivity index is 2.13. The Labute approximate surface area is 158 Å². The van der Waals surface area contributed by atoms with E-state index in [0.717, 1.165) is 17.5 Å². The number of aliphatic hydroxyl groups excluding tert-OH is 1. The van der Waals surface area contributed by atoms with Gasteiger partial charge in [0.25, 0.3) is 0 Å². The molecule has 0 saturated carbocycles. The van der Waals surface area contributed by atoms with Crippen molar-refractivity contribution in [2.24, 2.45) is 0 Å². The average Bonchev–Trinajstić information content (AvgIpc) is 2.63. The van der Waals surface area contributed by atoms with Crippen LogP contribution in [0.5, 0.6) is 11.5 Å². The first-order chi connectivity index (χ1) is 12.6. The van der Waals surface area contributed by atoms with E-state index >= 15 is 0 Å². The maximum Gasteiger partial charge on any atom is 0.180 e. The molecule has 0 amide bonds. The maximum absolute atomic E-state index is 13.0. The second-order valence-corrected chi connectivity index (χ2v) is 6.33. The number of ether oxygens (including phenoxy) is 2. The highest BCUT2D eigenvalue weighted by Crippen LogP contribution is 2.37. The normalized spacial score (nSPS) is 12.0. The molecule has 0 radical (unpaired) electrons. The van der Waals surface area contributed by atoms with Crippen LogP contribution in [0, 0.1) is 5.82 Å². The van der Waals surface area contributed by atoms with E-state index < -0.39 is 0 Å². The monoisotopic (exact) mass is 381 g/mol. The van der Waals surface area contributed by atoms with Crippen LogP contribution in [0.25, 0.3) is 0 Å². The number of benzene rings is 2. The van der Waals surface area contributed by atoms with Crippen LogP contribution in [-0.4, -0.2) is 24.4 Å². The molecule has 4 nitrogen and oxygen atoms in total. The van der Waals surface area contributed by atoms with E-state index in [4.69, 9.17) is 21.1 Å². The zero-order chi connectivity index (χ0) is 18.9. The molecule has 0 aromatic heterocycles. The van der Waals surface area contributed by atoms with E-state index in [-0.39, 0.29) is 25.1 Å². The van der Waals surface area contributed by atoms with Gasteiger partial charge in [-0.3, -0.25) is 0 Å². The molecule has 1 unspecified atom stereocenters. The first-order valence-corrected chi connectivity index (χ1v) is 9.11. The molecule has 1 atom stereocenters. The Morgan fingerprint density at radius 1 is 1.12 bits per heavy atom. The van der Waals surface area contributed by atoms with Gasteiger partial charge in [0.05, 0.1) is 18.2 Å². The van der Waals surface area contributed by atoms with Crippen LogP contribution >= 0.6 is 11.6 Å². The summed E-state index contributed by atoms with van der Waals surface area (Å²) in [7, 11) is 0. The van der Waals surface area contributed by atoms with E-state index in [9.17, 15) is 9.50 Å². The third kappa shape index (κ3) is 5.87. The lowest BCUT2D eigenvalue weighted by Crippen LogP contribution is -2.31. The Hall–Kier alpha value is -1.82. The van der Waals surface area contributed by atoms with E-state index in [0.29, 0.717) is 29.7 Å². The van der Waals surface area contributed by atoms with Gasteiger partial charge in [0, 0.05) is 12.6 Å². The van der Waals surface area contributed by atoms with E-state index in [1.807, 2.05) is 26.0 Å². The highest BCUT2D eigenvalue weighted by molar-refractivity contribution is 6.32. The minimum Gasteiger partial charge on any atom is -0.490 e. The van der Waals surface area contributed by atoms with Gasteiger partial charge in [0.1, 0.15) is 12.4 Å². The molecule has 0 aliphatic carbocycles. The molecule has 0 aliphatic heterocycles. The zero-order valence-corrected chi connectivity index (χ0v) is 15.9. The van der Waals surface area contributed by atoms with E-state index in [2.05, 4.69) is 5.32 Å². The van der Waals surface area contributed by atoms with Crippen molar-refractivity contribution in [1.82, 2.24) is 5.32 Å². The van der Waals surface area contributed by atoms with Crippen LogP contribution in [0.15, 0.2) is 36.4 Å². The van der Waals surface area contributed by atoms with Crippen molar-refractivity contribution in [3.8, 4) is 11.5 Å². The van der Waals surface area contributed by atoms with Crippen LogP contribution in [0.3, 0.4) is 0 Å². The second kappa shape index (κ2) is 10.4. The minimum atomic E-state index is -0.285. The summed E-state index contributed by atoms with van der Waals surface area (Å²) < 4.78 is 24.5. The zero-order valence-electron chi connectivity index (χ0n) is 15.1. The van der Waals surface area contributed by atoms with Crippen molar-refractivity contribution in [3.05, 3.63) is 58.4 Å². The summed E-state index contributed by atoms with van der Waals surface area (Å²) in [5, 5.41) is 13.0. The third-order valence-corrected chi connectivity index (χ3v) is 4.25. The van der Waals surface area contributed by atoms with E-state index in [1.54, 1.807) is 12.1 Å². The summed E-state index contributed by atoms with van der Waals surface area (Å²) in [6.45, 7) is 5.30. The lowest BCUT2D eigenvalue weighted by Gasteiger charge is -2.17. The molecular weight excluding hydrogens is 357 g/mol. The van der Waals surface area contributed by atoms with Gasteiger partial charge >= 0.3 is 0 Å². The van der Waals surface area contributed by atoms with Crippen LogP contribution < -0.4 is 14.8 Å². The Bertz CT molecular complexity index is 690. The van der Waals surface area contributed by atoms with Gasteiger partial charge < -0.3 is 19.9 Å². The largest absolute Gasteiger partial charge is 0.490 e. The number of nitrogens with one attached hydrogen (secondary N) is 1. The standard InChI is InChI=1S/C20H25ClFNO3/c1-3-17(12-24)23-11-15-9-18(21)20(19(10-15)25-4-2)26-13-14-5-7-16(22)8-6-14/h5-10,17,23-24H,3-4,11-13H2,1-2H3. The molecule has 0 spiro atoms. The first kappa shape index (κ1) is 20.5. The summed E-state index contributed by atoms with van der Waals surface area (Å²) in [6.07, 6.45) is 0.835. The molecule has 0 fully saturated rings. The SMILES string of the molecule is CCOc1cc(CNC(CC)CO)cc(Cl)c1OCc1ccc(F)cc1. The molecule has 142 valence electrons. The van der Waals surface area contributed by atoms with Gasteiger partial charge in [0.15, 0.2) is 11.5 Å². The molecule has 0 saturated heterocycles. The lowest BCUT2D eigenvalue weighted by molar-refractivity contribution is 0.238. The highest BCUT2D eigenvalue weighted by Gasteiger charge is 2.14. The number of hydrogen-bond donors (Lipinski definition) is 2. The Morgan fingerprint density at radius 2 is 1.85 bits per heavy atom. The summed E-state index contributed by atoms with van der Waals surface area (Å²) in [5.74, 6) is 0.749. The van der Waals surface area contributed by atoms with Gasteiger partial charge in [0.2, 0.25) is 0 Å². The maximum atomic E-state index is 13.0. The molecule has 2 N–H and O–H groups in total. The van der Waals surface area contributed by atoms with Crippen LogP contribution in [0.1, 0.15) is 31.4 Å². The fourth-order valence-corrected chi connectivity index (χ4v) is 2.75. The molecule has 6 heteroatoms. The smallest absolute Gasteiger partial charge is 0.180 e. The quantitative estimate of drug-likeness (QED) is 0.643. The van der Waals surface area contributed by atoms with Gasteiger partial charge in [-0.1, -0.05) is 30.7 Å². The van der Waals surface area contributed by atoms with Gasteiger partial charge in [-0.05, 0) is 48.7 Å². The molecule has 2 aromatic carbocycles. The summed E-state index contributed by atoms with van der Waals surface area (Å²) in [5.41, 5.74) is 1.78. The van der Waals surface area contributed by atoms with Crippen molar-refractivity contribution in [2.75, 3.05) is 13.2 Å². The predicted octanol–water partition coefficient (Wildman–Crippen LogP) is 4.32. The molecular formula is C20H25ClFNO3. The lowest BCUT2D eigenvalue weighted by atomic mass is 10.1. The van der Waals surface area contributed by atoms with Gasteiger partial charge in [-0.15, -0.1) is 0 Å². The fourth-order valence-electron chi connectivity index (χ4n) is 2.46. The molecule has 0 bridgehead atoms. The Morgan fingerprint density at radius 3 is 2.46 bits per heavy atom. The molecule has 26 heavy (non-hydrogen) atoms. The van der Waals surface area contributed by atoms with Gasteiger partial charge in [-0.25, -0.2) is 4.39 Å². The molecule has 0 aliphatic rings. The number of rotatable bonds is 10. The average molecular weight is 382 g/mol. The molecule has 2 rings (SSSR count). The Kier molecular flexibility index (Phi) is 8.16. The van der Waals surface area contributed by atoms with Crippen LogP contribution in [0.2, 0.25) is 5.02 Å². The summed E-state index contributed by atoms with van der Waals surface area (Å²) >= 11 is 6.40. The van der Waals surface area contributed by atoms with Crippen molar-refractivity contribution in [1.29, 1.82) is 0 Å². The van der Waals surface area contributed by atoms with Crippen molar-refractivity contribution < 1.29 is 19.0 Å². The topological polar surface area (TPSA) is 50.7 Å². The van der Waals surface area contributed by atoms with Crippen LogP contribution in [-0.2, 0) is 13.2 Å².